The first-order chi connectivity index (χ1) is 9.08. The molecule has 0 saturated heterocycles. The summed E-state index contributed by atoms with van der Waals surface area (Å²) in [6, 6.07) is 3.53. The van der Waals surface area contributed by atoms with E-state index < -0.39 is 0 Å². The number of nitrogens with zero attached hydrogens (tertiary/aromatic N) is 1. The molecular weight excluding hydrogens is 266 g/mol. The molecule has 0 radical (unpaired) electrons. The maximum absolute atomic E-state index is 6.38. The summed E-state index contributed by atoms with van der Waals surface area (Å²) in [4.78, 5) is 0. The molecule has 2 aromatic rings. The molecule has 0 fully saturated rings. The van der Waals surface area contributed by atoms with Gasteiger partial charge in [0.05, 0.1) is 10.7 Å². The van der Waals surface area contributed by atoms with Gasteiger partial charge in [0.15, 0.2) is 11.5 Å². The molecule has 2 heterocycles. The maximum atomic E-state index is 6.38. The highest BCUT2D eigenvalue weighted by Crippen LogP contribution is 2.48. The maximum Gasteiger partial charge on any atom is 0.231 e. The first kappa shape index (κ1) is 12.2. The lowest BCUT2D eigenvalue weighted by Gasteiger charge is -2.16. The Kier molecular flexibility index (Phi) is 2.78. The molecule has 3 N–H and O–H groups in total. The minimum absolute atomic E-state index is 0.222. The van der Waals surface area contributed by atoms with Crippen LogP contribution in [-0.2, 0) is 0 Å². The lowest BCUT2D eigenvalue weighted by molar-refractivity contribution is 0.173. The molecule has 100 valence electrons. The van der Waals surface area contributed by atoms with Gasteiger partial charge in [-0.25, -0.2) is 0 Å². The first-order valence-corrected chi connectivity index (χ1v) is 6.39. The Labute approximate surface area is 115 Å². The van der Waals surface area contributed by atoms with Crippen molar-refractivity contribution in [3.05, 3.63) is 22.7 Å². The summed E-state index contributed by atoms with van der Waals surface area (Å²) < 4.78 is 11.0. The first-order valence-electron chi connectivity index (χ1n) is 6.01. The van der Waals surface area contributed by atoms with E-state index in [4.69, 9.17) is 26.8 Å². The van der Waals surface area contributed by atoms with Crippen LogP contribution in [0.5, 0.6) is 11.5 Å². The standard InChI is InChI=1S/C13H14ClN3O2/c1-6(2)11-12(8-4-10(15)17-16-8)7(14)3-9-13(11)19-5-18-9/h3-4,6H,5H2,1-2H3,(H3,15,16,17). The van der Waals surface area contributed by atoms with Gasteiger partial charge in [0.25, 0.3) is 0 Å². The number of hydrogen-bond donors (Lipinski definition) is 2. The van der Waals surface area contributed by atoms with Crippen molar-refractivity contribution in [2.24, 2.45) is 0 Å². The third-order valence-corrected chi connectivity index (χ3v) is 3.39. The molecule has 3 rings (SSSR count). The van der Waals surface area contributed by atoms with Crippen molar-refractivity contribution in [1.29, 1.82) is 0 Å². The monoisotopic (exact) mass is 279 g/mol. The van der Waals surface area contributed by atoms with Crippen LogP contribution in [0.2, 0.25) is 5.02 Å². The van der Waals surface area contributed by atoms with Crippen molar-refractivity contribution in [3.8, 4) is 22.8 Å². The molecule has 1 aromatic heterocycles. The van der Waals surface area contributed by atoms with Crippen molar-refractivity contribution in [1.82, 2.24) is 10.2 Å². The highest BCUT2D eigenvalue weighted by Gasteiger charge is 2.26. The summed E-state index contributed by atoms with van der Waals surface area (Å²) in [5.41, 5.74) is 8.31. The number of nitrogens with two attached hydrogens (primary N) is 1. The summed E-state index contributed by atoms with van der Waals surface area (Å²) in [6.07, 6.45) is 0. The smallest absolute Gasteiger partial charge is 0.231 e. The minimum atomic E-state index is 0.222. The molecule has 0 amide bonds. The number of ether oxygens (including phenoxy) is 2. The molecule has 0 spiro atoms. The fourth-order valence-electron chi connectivity index (χ4n) is 2.33. The zero-order chi connectivity index (χ0) is 13.6. The van der Waals surface area contributed by atoms with Crippen LogP contribution in [0.15, 0.2) is 12.1 Å². The molecular formula is C13H14ClN3O2. The number of anilines is 1. The van der Waals surface area contributed by atoms with Gasteiger partial charge in [0.2, 0.25) is 6.79 Å². The summed E-state index contributed by atoms with van der Waals surface area (Å²) in [5.74, 6) is 2.10. The SMILES string of the molecule is CC(C)c1c2c(cc(Cl)c1-c1cc(N)n[nH]1)OCO2. The van der Waals surface area contributed by atoms with Gasteiger partial charge in [-0.2, -0.15) is 5.10 Å². The van der Waals surface area contributed by atoms with Gasteiger partial charge in [-0.05, 0) is 5.92 Å². The van der Waals surface area contributed by atoms with Crippen LogP contribution in [-0.4, -0.2) is 17.0 Å². The van der Waals surface area contributed by atoms with Crippen LogP contribution in [0.25, 0.3) is 11.3 Å². The molecule has 1 aromatic carbocycles. The van der Waals surface area contributed by atoms with E-state index in [1.165, 1.54) is 0 Å². The lowest BCUT2D eigenvalue weighted by Crippen LogP contribution is -1.98. The Balaban J connectivity index is 2.29. The second-order valence-electron chi connectivity index (χ2n) is 4.74. The van der Waals surface area contributed by atoms with Gasteiger partial charge >= 0.3 is 0 Å². The van der Waals surface area contributed by atoms with Crippen LogP contribution in [0.4, 0.5) is 5.82 Å². The second kappa shape index (κ2) is 4.35. The van der Waals surface area contributed by atoms with Gasteiger partial charge in [-0.15, -0.1) is 0 Å². The van der Waals surface area contributed by atoms with Crippen molar-refractivity contribution >= 4 is 17.4 Å². The van der Waals surface area contributed by atoms with Gasteiger partial charge in [-0.3, -0.25) is 5.10 Å². The number of nitrogens with one attached hydrogen (secondary N) is 1. The molecule has 6 heteroatoms. The predicted octanol–water partition coefficient (Wildman–Crippen LogP) is 3.16. The van der Waals surface area contributed by atoms with Gasteiger partial charge in [-0.1, -0.05) is 25.4 Å². The van der Waals surface area contributed by atoms with E-state index in [1.807, 2.05) is 0 Å². The fourth-order valence-corrected chi connectivity index (χ4v) is 2.63. The molecule has 19 heavy (non-hydrogen) atoms. The average molecular weight is 280 g/mol. The molecule has 5 nitrogen and oxygen atoms in total. The van der Waals surface area contributed by atoms with Crippen molar-refractivity contribution in [2.75, 3.05) is 12.5 Å². The Morgan fingerprint density at radius 3 is 2.79 bits per heavy atom. The minimum Gasteiger partial charge on any atom is -0.454 e. The zero-order valence-corrected chi connectivity index (χ0v) is 11.4. The van der Waals surface area contributed by atoms with Gasteiger partial charge in [0.1, 0.15) is 5.82 Å². The number of aromatic nitrogens is 2. The number of aromatic amines is 1. The van der Waals surface area contributed by atoms with E-state index >= 15 is 0 Å². The zero-order valence-electron chi connectivity index (χ0n) is 10.7. The van der Waals surface area contributed by atoms with Gasteiger partial charge in [0, 0.05) is 23.3 Å². The number of benzene rings is 1. The van der Waals surface area contributed by atoms with Gasteiger partial charge < -0.3 is 15.2 Å². The summed E-state index contributed by atoms with van der Waals surface area (Å²) >= 11 is 6.38. The number of H-pyrrole nitrogens is 1. The summed E-state index contributed by atoms with van der Waals surface area (Å²) in [6.45, 7) is 4.38. The molecule has 1 aliphatic heterocycles. The molecule has 0 bridgehead atoms. The Bertz CT molecular complexity index is 637. The Morgan fingerprint density at radius 2 is 2.16 bits per heavy atom. The van der Waals surface area contributed by atoms with E-state index in [0.717, 1.165) is 22.6 Å². The van der Waals surface area contributed by atoms with E-state index in [9.17, 15) is 0 Å². The predicted molar refractivity (Wildman–Crippen MR) is 73.7 cm³/mol. The van der Waals surface area contributed by atoms with Crippen LogP contribution >= 0.6 is 11.6 Å². The largest absolute Gasteiger partial charge is 0.454 e. The highest BCUT2D eigenvalue weighted by atomic mass is 35.5. The number of hydrogen-bond acceptors (Lipinski definition) is 4. The molecule has 1 aliphatic rings. The van der Waals surface area contributed by atoms with Crippen molar-refractivity contribution in [3.63, 3.8) is 0 Å². The summed E-state index contributed by atoms with van der Waals surface area (Å²) in [7, 11) is 0. The van der Waals surface area contributed by atoms with Crippen LogP contribution in [0.1, 0.15) is 25.3 Å². The molecule has 0 saturated carbocycles. The van der Waals surface area contributed by atoms with E-state index in [-0.39, 0.29) is 12.7 Å². The average Bonchev–Trinajstić information content (AvgIpc) is 2.95. The lowest BCUT2D eigenvalue weighted by atomic mass is 9.93. The normalized spacial score (nSPS) is 13.3. The van der Waals surface area contributed by atoms with Crippen LogP contribution < -0.4 is 15.2 Å². The topological polar surface area (TPSA) is 73.2 Å². The summed E-state index contributed by atoms with van der Waals surface area (Å²) in [5, 5.41) is 7.44. The van der Waals surface area contributed by atoms with E-state index in [2.05, 4.69) is 24.0 Å². The quantitative estimate of drug-likeness (QED) is 0.885. The fraction of sp³-hybridized carbons (Fsp3) is 0.308. The second-order valence-corrected chi connectivity index (χ2v) is 5.15. The number of halogens is 1. The van der Waals surface area contributed by atoms with Crippen molar-refractivity contribution in [2.45, 2.75) is 19.8 Å². The highest BCUT2D eigenvalue weighted by molar-refractivity contribution is 6.33. The molecule has 0 aliphatic carbocycles. The number of fused-ring (bicyclic) bond motifs is 1. The Morgan fingerprint density at radius 1 is 1.37 bits per heavy atom. The van der Waals surface area contributed by atoms with E-state index in [1.54, 1.807) is 12.1 Å². The third kappa shape index (κ3) is 1.90. The Hall–Kier alpha value is -1.88. The number of rotatable bonds is 2. The van der Waals surface area contributed by atoms with Crippen molar-refractivity contribution < 1.29 is 9.47 Å². The molecule has 0 atom stereocenters. The third-order valence-electron chi connectivity index (χ3n) is 3.10. The van der Waals surface area contributed by atoms with Crippen LogP contribution in [0, 0.1) is 0 Å². The number of nitrogen functional groups attached to an aromatic ring is 1. The molecule has 0 unspecified atom stereocenters. The van der Waals surface area contributed by atoms with Crippen LogP contribution in [0.3, 0.4) is 0 Å². The van der Waals surface area contributed by atoms with E-state index in [0.29, 0.717) is 16.6 Å².